The van der Waals surface area contributed by atoms with Crippen LogP contribution in [0.15, 0.2) is 41.2 Å². The predicted molar refractivity (Wildman–Crippen MR) is 120 cm³/mol. The molecule has 0 radical (unpaired) electrons. The number of hydrogen-bond acceptors (Lipinski definition) is 9. The summed E-state index contributed by atoms with van der Waals surface area (Å²) in [6.45, 7) is 5.11. The van der Waals surface area contributed by atoms with Crippen molar-refractivity contribution in [2.24, 2.45) is 0 Å². The van der Waals surface area contributed by atoms with Gasteiger partial charge < -0.3 is 14.7 Å². The van der Waals surface area contributed by atoms with E-state index in [9.17, 15) is 8.42 Å². The number of fused-ring (bicyclic) bond motifs is 3. The van der Waals surface area contributed by atoms with Crippen LogP contribution in [0.2, 0.25) is 0 Å². The highest BCUT2D eigenvalue weighted by atomic mass is 32.2. The quantitative estimate of drug-likeness (QED) is 0.513. The minimum Gasteiger partial charge on any atom is -0.368 e. The maximum absolute atomic E-state index is 11.6. The molecule has 1 saturated heterocycles. The van der Waals surface area contributed by atoms with E-state index < -0.39 is 9.84 Å². The van der Waals surface area contributed by atoms with E-state index in [1.165, 1.54) is 0 Å². The fourth-order valence-corrected chi connectivity index (χ4v) is 4.93. The van der Waals surface area contributed by atoms with Gasteiger partial charge in [-0.1, -0.05) is 19.0 Å². The van der Waals surface area contributed by atoms with Gasteiger partial charge in [-0.3, -0.25) is 0 Å². The molecule has 0 bridgehead atoms. The SMILES string of the molecule is CC(C)c1noc2ccc3cnc(Nc4ccc(N5CCS(=O)(=O)CC5)cn4)nc3c12. The molecule has 0 amide bonds. The van der Waals surface area contributed by atoms with Crippen LogP contribution < -0.4 is 10.2 Å². The minimum atomic E-state index is -2.91. The second kappa shape index (κ2) is 7.45. The summed E-state index contributed by atoms with van der Waals surface area (Å²) < 4.78 is 28.7. The van der Waals surface area contributed by atoms with Crippen molar-refractivity contribution in [3.8, 4) is 0 Å². The number of anilines is 3. The highest BCUT2D eigenvalue weighted by Gasteiger charge is 2.22. The molecule has 1 aromatic carbocycles. The molecule has 31 heavy (non-hydrogen) atoms. The van der Waals surface area contributed by atoms with Gasteiger partial charge in [0, 0.05) is 24.7 Å². The molecular weight excluding hydrogens is 416 g/mol. The second-order valence-corrected chi connectivity index (χ2v) is 10.3. The standard InChI is InChI=1S/C21H22N6O3S/c1-13(2)19-18-16(30-26-19)5-3-14-11-23-21(25-20(14)18)24-17-6-4-15(12-22-17)27-7-9-31(28,29)10-8-27/h3-6,11-13H,7-10H2,1-2H3,(H,22,23,24,25). The van der Waals surface area contributed by atoms with Gasteiger partial charge in [0.2, 0.25) is 5.95 Å². The average molecular weight is 439 g/mol. The van der Waals surface area contributed by atoms with Gasteiger partial charge in [-0.05, 0) is 30.2 Å². The van der Waals surface area contributed by atoms with Crippen molar-refractivity contribution in [1.82, 2.24) is 20.1 Å². The molecule has 4 heterocycles. The van der Waals surface area contributed by atoms with Crippen LogP contribution in [-0.4, -0.2) is 53.1 Å². The van der Waals surface area contributed by atoms with E-state index in [4.69, 9.17) is 9.51 Å². The van der Waals surface area contributed by atoms with Gasteiger partial charge in [0.15, 0.2) is 15.4 Å². The lowest BCUT2D eigenvalue weighted by molar-refractivity contribution is 0.441. The van der Waals surface area contributed by atoms with Gasteiger partial charge >= 0.3 is 0 Å². The van der Waals surface area contributed by atoms with Crippen molar-refractivity contribution in [2.45, 2.75) is 19.8 Å². The average Bonchev–Trinajstić information content (AvgIpc) is 3.20. The Morgan fingerprint density at radius 2 is 1.87 bits per heavy atom. The van der Waals surface area contributed by atoms with Crippen LogP contribution in [0.5, 0.6) is 0 Å². The van der Waals surface area contributed by atoms with Crippen LogP contribution in [0.4, 0.5) is 17.5 Å². The molecule has 160 valence electrons. The van der Waals surface area contributed by atoms with Gasteiger partial charge in [0.1, 0.15) is 5.82 Å². The van der Waals surface area contributed by atoms with Crippen LogP contribution in [0, 0.1) is 0 Å². The van der Waals surface area contributed by atoms with E-state index in [1.54, 1.807) is 12.4 Å². The van der Waals surface area contributed by atoms with Crippen molar-refractivity contribution in [2.75, 3.05) is 34.8 Å². The second-order valence-electron chi connectivity index (χ2n) is 7.96. The van der Waals surface area contributed by atoms with Crippen molar-refractivity contribution < 1.29 is 12.9 Å². The fourth-order valence-electron chi connectivity index (χ4n) is 3.73. The zero-order chi connectivity index (χ0) is 21.6. The first-order chi connectivity index (χ1) is 14.9. The number of rotatable bonds is 4. The Bertz CT molecular complexity index is 1350. The summed E-state index contributed by atoms with van der Waals surface area (Å²) >= 11 is 0. The summed E-state index contributed by atoms with van der Waals surface area (Å²) in [6, 6.07) is 7.57. The molecule has 1 aliphatic heterocycles. The molecule has 3 aromatic heterocycles. The van der Waals surface area contributed by atoms with Crippen molar-refractivity contribution >= 4 is 49.2 Å². The Morgan fingerprint density at radius 1 is 1.06 bits per heavy atom. The first-order valence-corrected chi connectivity index (χ1v) is 12.0. The lowest BCUT2D eigenvalue weighted by Crippen LogP contribution is -2.40. The third-order valence-electron chi connectivity index (χ3n) is 5.46. The smallest absolute Gasteiger partial charge is 0.228 e. The minimum absolute atomic E-state index is 0.174. The third kappa shape index (κ3) is 3.78. The van der Waals surface area contributed by atoms with E-state index in [1.807, 2.05) is 29.2 Å². The molecule has 0 unspecified atom stereocenters. The lowest BCUT2D eigenvalue weighted by Gasteiger charge is -2.28. The molecule has 0 spiro atoms. The molecule has 0 saturated carbocycles. The Kier molecular flexibility index (Phi) is 4.73. The van der Waals surface area contributed by atoms with Crippen molar-refractivity contribution in [3.05, 3.63) is 42.4 Å². The summed E-state index contributed by atoms with van der Waals surface area (Å²) in [5.74, 6) is 1.59. The largest absolute Gasteiger partial charge is 0.368 e. The maximum Gasteiger partial charge on any atom is 0.228 e. The Morgan fingerprint density at radius 3 is 2.58 bits per heavy atom. The van der Waals surface area contributed by atoms with E-state index in [-0.39, 0.29) is 17.4 Å². The van der Waals surface area contributed by atoms with Crippen molar-refractivity contribution in [1.29, 1.82) is 0 Å². The molecule has 1 fully saturated rings. The fraction of sp³-hybridized carbons (Fsp3) is 0.333. The predicted octanol–water partition coefficient (Wildman–Crippen LogP) is 3.27. The Hall–Kier alpha value is -3.27. The summed E-state index contributed by atoms with van der Waals surface area (Å²) in [5.41, 5.74) is 3.25. The van der Waals surface area contributed by atoms with Gasteiger partial charge in [-0.15, -0.1) is 0 Å². The molecule has 0 aliphatic carbocycles. The van der Waals surface area contributed by atoms with Crippen LogP contribution in [-0.2, 0) is 9.84 Å². The zero-order valence-corrected chi connectivity index (χ0v) is 18.1. The van der Waals surface area contributed by atoms with Gasteiger partial charge in [-0.2, -0.15) is 0 Å². The molecule has 1 N–H and O–H groups in total. The topological polar surface area (TPSA) is 114 Å². The molecule has 9 nitrogen and oxygen atoms in total. The number of benzene rings is 1. The molecule has 1 aliphatic rings. The van der Waals surface area contributed by atoms with E-state index >= 15 is 0 Å². The Labute approximate surface area is 179 Å². The molecule has 5 rings (SSSR count). The summed E-state index contributed by atoms with van der Waals surface area (Å²) in [5, 5.41) is 9.17. The monoisotopic (exact) mass is 438 g/mol. The maximum atomic E-state index is 11.6. The first kappa shape index (κ1) is 19.7. The number of pyridine rings is 1. The number of aromatic nitrogens is 4. The third-order valence-corrected chi connectivity index (χ3v) is 7.07. The number of hydrogen-bond donors (Lipinski definition) is 1. The summed E-state index contributed by atoms with van der Waals surface area (Å²) in [7, 11) is -2.91. The van der Waals surface area contributed by atoms with E-state index in [2.05, 4.69) is 34.3 Å². The van der Waals surface area contributed by atoms with Crippen LogP contribution in [0.3, 0.4) is 0 Å². The van der Waals surface area contributed by atoms with Crippen LogP contribution in [0.25, 0.3) is 21.9 Å². The highest BCUT2D eigenvalue weighted by Crippen LogP contribution is 2.31. The van der Waals surface area contributed by atoms with E-state index in [0.717, 1.165) is 27.7 Å². The summed E-state index contributed by atoms with van der Waals surface area (Å²) in [4.78, 5) is 15.6. The first-order valence-electron chi connectivity index (χ1n) is 10.1. The highest BCUT2D eigenvalue weighted by molar-refractivity contribution is 7.91. The number of nitrogens with one attached hydrogen (secondary N) is 1. The molecule has 4 aromatic rings. The number of sulfone groups is 1. The van der Waals surface area contributed by atoms with Gasteiger partial charge in [-0.25, -0.2) is 23.4 Å². The molecular formula is C21H22N6O3S. The van der Waals surface area contributed by atoms with Crippen molar-refractivity contribution in [3.63, 3.8) is 0 Å². The molecule has 10 heteroatoms. The van der Waals surface area contributed by atoms with Gasteiger partial charge in [0.05, 0.1) is 40.0 Å². The number of nitrogens with zero attached hydrogens (tertiary/aromatic N) is 5. The van der Waals surface area contributed by atoms with Crippen LogP contribution in [0.1, 0.15) is 25.5 Å². The Balaban J connectivity index is 1.41. The molecule has 0 atom stereocenters. The zero-order valence-electron chi connectivity index (χ0n) is 17.2. The van der Waals surface area contributed by atoms with Crippen LogP contribution >= 0.6 is 0 Å². The summed E-state index contributed by atoms with van der Waals surface area (Å²) in [6.07, 6.45) is 3.50. The van der Waals surface area contributed by atoms with E-state index in [0.29, 0.717) is 30.4 Å². The normalized spacial score (nSPS) is 16.3. The lowest BCUT2D eigenvalue weighted by atomic mass is 10.0. The van der Waals surface area contributed by atoms with Gasteiger partial charge in [0.25, 0.3) is 0 Å².